The molecule has 1 unspecified atom stereocenters. The van der Waals surface area contributed by atoms with Crippen LogP contribution in [0.4, 0.5) is 0 Å². The summed E-state index contributed by atoms with van der Waals surface area (Å²) in [7, 11) is 4.05. The largest absolute Gasteiger partial charge is 0.350 e. The van der Waals surface area contributed by atoms with Gasteiger partial charge in [0.15, 0.2) is 0 Å². The Bertz CT molecular complexity index is 508. The summed E-state index contributed by atoms with van der Waals surface area (Å²) in [6, 6.07) is 11.6. The van der Waals surface area contributed by atoms with Gasteiger partial charge < -0.3 is 10.2 Å². The normalized spacial score (nSPS) is 12.4. The van der Waals surface area contributed by atoms with E-state index in [9.17, 15) is 4.79 Å². The molecule has 1 amide bonds. The van der Waals surface area contributed by atoms with Gasteiger partial charge in [-0.2, -0.15) is 11.3 Å². The number of thiophene rings is 1. The number of carbonyl (C=O) groups is 1. The van der Waals surface area contributed by atoms with E-state index in [0.29, 0.717) is 12.1 Å². The lowest BCUT2D eigenvalue weighted by Gasteiger charge is -2.24. The van der Waals surface area contributed by atoms with Crippen LogP contribution in [-0.4, -0.2) is 31.4 Å². The molecule has 0 aliphatic carbocycles. The van der Waals surface area contributed by atoms with Crippen molar-refractivity contribution in [2.24, 2.45) is 0 Å². The number of nitrogens with one attached hydrogen (secondary N) is 1. The van der Waals surface area contributed by atoms with Gasteiger partial charge in [0.25, 0.3) is 5.91 Å². The number of hydrogen-bond acceptors (Lipinski definition) is 3. The Balaban J connectivity index is 1.98. The molecule has 4 heteroatoms. The van der Waals surface area contributed by atoms with Crippen molar-refractivity contribution in [3.63, 3.8) is 0 Å². The summed E-state index contributed by atoms with van der Waals surface area (Å²) in [4.78, 5) is 14.1. The van der Waals surface area contributed by atoms with Crippen LogP contribution in [-0.2, 0) is 0 Å². The third-order valence-electron chi connectivity index (χ3n) is 3.04. The van der Waals surface area contributed by atoms with E-state index in [1.54, 1.807) is 11.3 Å². The lowest BCUT2D eigenvalue weighted by molar-refractivity contribution is 0.0942. The summed E-state index contributed by atoms with van der Waals surface area (Å²) < 4.78 is 0. The Kier molecular flexibility index (Phi) is 4.71. The molecule has 100 valence electrons. The number of hydrogen-bond donors (Lipinski definition) is 1. The lowest BCUT2D eigenvalue weighted by atomic mass is 10.1. The Morgan fingerprint density at radius 1 is 1.26 bits per heavy atom. The van der Waals surface area contributed by atoms with Gasteiger partial charge in [0.05, 0.1) is 6.04 Å². The van der Waals surface area contributed by atoms with Gasteiger partial charge in [-0.1, -0.05) is 18.2 Å². The molecule has 19 heavy (non-hydrogen) atoms. The summed E-state index contributed by atoms with van der Waals surface area (Å²) in [6.45, 7) is 0.609. The molecular weight excluding hydrogens is 256 g/mol. The van der Waals surface area contributed by atoms with Crippen molar-refractivity contribution in [2.75, 3.05) is 20.6 Å². The zero-order chi connectivity index (χ0) is 13.7. The SMILES string of the molecule is CN(C)C(CNC(=O)c1ccccc1)c1ccsc1. The van der Waals surface area contributed by atoms with E-state index in [1.807, 2.05) is 44.4 Å². The monoisotopic (exact) mass is 274 g/mol. The lowest BCUT2D eigenvalue weighted by Crippen LogP contribution is -2.34. The topological polar surface area (TPSA) is 32.3 Å². The second-order valence-electron chi connectivity index (χ2n) is 4.61. The van der Waals surface area contributed by atoms with E-state index < -0.39 is 0 Å². The molecule has 0 spiro atoms. The highest BCUT2D eigenvalue weighted by Gasteiger charge is 2.15. The van der Waals surface area contributed by atoms with Gasteiger partial charge in [0, 0.05) is 12.1 Å². The quantitative estimate of drug-likeness (QED) is 0.909. The molecule has 0 saturated carbocycles. The Labute approximate surface area is 117 Å². The first kappa shape index (κ1) is 13.8. The van der Waals surface area contributed by atoms with E-state index >= 15 is 0 Å². The Morgan fingerprint density at radius 2 is 2.00 bits per heavy atom. The number of amides is 1. The third-order valence-corrected chi connectivity index (χ3v) is 3.74. The highest BCUT2D eigenvalue weighted by atomic mass is 32.1. The first-order valence-corrected chi connectivity index (χ1v) is 7.14. The molecule has 1 heterocycles. The van der Waals surface area contributed by atoms with Crippen LogP contribution in [0, 0.1) is 0 Å². The first-order chi connectivity index (χ1) is 9.18. The van der Waals surface area contributed by atoms with E-state index in [1.165, 1.54) is 5.56 Å². The molecule has 0 saturated heterocycles. The van der Waals surface area contributed by atoms with Gasteiger partial charge in [-0.25, -0.2) is 0 Å². The number of benzene rings is 1. The second-order valence-corrected chi connectivity index (χ2v) is 5.39. The molecule has 2 rings (SSSR count). The average molecular weight is 274 g/mol. The fourth-order valence-corrected chi connectivity index (χ4v) is 2.65. The van der Waals surface area contributed by atoms with Gasteiger partial charge in [-0.05, 0) is 48.6 Å². The number of nitrogens with zero attached hydrogens (tertiary/aromatic N) is 1. The van der Waals surface area contributed by atoms with Crippen LogP contribution in [0.2, 0.25) is 0 Å². The highest BCUT2D eigenvalue weighted by molar-refractivity contribution is 7.07. The van der Waals surface area contributed by atoms with Crippen LogP contribution in [0.5, 0.6) is 0 Å². The minimum absolute atomic E-state index is 0.0253. The van der Waals surface area contributed by atoms with E-state index in [2.05, 4.69) is 27.0 Å². The van der Waals surface area contributed by atoms with Crippen molar-refractivity contribution in [1.82, 2.24) is 10.2 Å². The number of carbonyl (C=O) groups excluding carboxylic acids is 1. The zero-order valence-corrected chi connectivity index (χ0v) is 12.0. The standard InChI is InChI=1S/C15H18N2OS/c1-17(2)14(13-8-9-19-11-13)10-16-15(18)12-6-4-3-5-7-12/h3-9,11,14H,10H2,1-2H3,(H,16,18). The summed E-state index contributed by atoms with van der Waals surface area (Å²) in [5.74, 6) is -0.0253. The second kappa shape index (κ2) is 6.50. The zero-order valence-electron chi connectivity index (χ0n) is 11.2. The van der Waals surface area contributed by atoms with Crippen LogP contribution < -0.4 is 5.32 Å². The van der Waals surface area contributed by atoms with Crippen molar-refractivity contribution in [3.05, 3.63) is 58.3 Å². The molecular formula is C15H18N2OS. The van der Waals surface area contributed by atoms with Gasteiger partial charge in [0.1, 0.15) is 0 Å². The maximum atomic E-state index is 12.0. The molecule has 0 fully saturated rings. The molecule has 3 nitrogen and oxygen atoms in total. The Morgan fingerprint density at radius 3 is 2.58 bits per heavy atom. The van der Waals surface area contributed by atoms with Crippen molar-refractivity contribution < 1.29 is 4.79 Å². The molecule has 1 aromatic carbocycles. The summed E-state index contributed by atoms with van der Waals surface area (Å²) in [5.41, 5.74) is 1.94. The van der Waals surface area contributed by atoms with Crippen LogP contribution in [0.1, 0.15) is 22.0 Å². The predicted octanol–water partition coefficient (Wildman–Crippen LogP) is 2.78. The van der Waals surface area contributed by atoms with Crippen LogP contribution in [0.15, 0.2) is 47.2 Å². The van der Waals surface area contributed by atoms with Gasteiger partial charge in [-0.3, -0.25) is 4.79 Å². The van der Waals surface area contributed by atoms with Gasteiger partial charge in [0.2, 0.25) is 0 Å². The molecule has 0 bridgehead atoms. The van der Waals surface area contributed by atoms with Crippen LogP contribution in [0.3, 0.4) is 0 Å². The molecule has 1 N–H and O–H groups in total. The van der Waals surface area contributed by atoms with Crippen molar-refractivity contribution in [1.29, 1.82) is 0 Å². The first-order valence-electron chi connectivity index (χ1n) is 6.20. The number of rotatable bonds is 5. The van der Waals surface area contributed by atoms with Gasteiger partial charge in [-0.15, -0.1) is 0 Å². The molecule has 0 aliphatic rings. The maximum Gasteiger partial charge on any atom is 0.251 e. The smallest absolute Gasteiger partial charge is 0.251 e. The summed E-state index contributed by atoms with van der Waals surface area (Å²) >= 11 is 1.68. The highest BCUT2D eigenvalue weighted by Crippen LogP contribution is 2.20. The van der Waals surface area contributed by atoms with E-state index in [0.717, 1.165) is 0 Å². The third kappa shape index (κ3) is 3.66. The van der Waals surface area contributed by atoms with Crippen molar-refractivity contribution in [2.45, 2.75) is 6.04 Å². The fraction of sp³-hybridized carbons (Fsp3) is 0.267. The molecule has 1 atom stereocenters. The van der Waals surface area contributed by atoms with Crippen molar-refractivity contribution in [3.8, 4) is 0 Å². The van der Waals surface area contributed by atoms with Gasteiger partial charge >= 0.3 is 0 Å². The summed E-state index contributed by atoms with van der Waals surface area (Å²) in [5, 5.41) is 7.18. The minimum Gasteiger partial charge on any atom is -0.350 e. The maximum absolute atomic E-state index is 12.0. The molecule has 0 aliphatic heterocycles. The van der Waals surface area contributed by atoms with E-state index in [4.69, 9.17) is 0 Å². The molecule has 1 aromatic heterocycles. The molecule has 2 aromatic rings. The minimum atomic E-state index is -0.0253. The van der Waals surface area contributed by atoms with Crippen molar-refractivity contribution >= 4 is 17.2 Å². The number of likely N-dealkylation sites (N-methyl/N-ethyl adjacent to an activating group) is 1. The van der Waals surface area contributed by atoms with Crippen LogP contribution >= 0.6 is 11.3 Å². The Hall–Kier alpha value is -1.65. The predicted molar refractivity (Wildman–Crippen MR) is 79.5 cm³/mol. The summed E-state index contributed by atoms with van der Waals surface area (Å²) in [6.07, 6.45) is 0. The fourth-order valence-electron chi connectivity index (χ4n) is 1.94. The average Bonchev–Trinajstić information content (AvgIpc) is 2.93. The van der Waals surface area contributed by atoms with Crippen LogP contribution in [0.25, 0.3) is 0 Å². The van der Waals surface area contributed by atoms with E-state index in [-0.39, 0.29) is 11.9 Å². The molecule has 0 radical (unpaired) electrons.